The lowest BCUT2D eigenvalue weighted by molar-refractivity contribution is 0.689. The Morgan fingerprint density at radius 1 is 1.22 bits per heavy atom. The van der Waals surface area contributed by atoms with Crippen molar-refractivity contribution < 1.29 is 0 Å². The molecule has 102 valence electrons. The molecular weight excluding hydrogens is 308 g/mol. The summed E-state index contributed by atoms with van der Waals surface area (Å²) in [5, 5.41) is 3.46. The Hall–Kier alpha value is -0.350. The predicted molar refractivity (Wildman–Crippen MR) is 88.6 cm³/mol. The summed E-state index contributed by atoms with van der Waals surface area (Å²) in [7, 11) is 0. The van der Waals surface area contributed by atoms with E-state index in [1.807, 2.05) is 24.8 Å². The molecular formula is C14H23BrN2S. The van der Waals surface area contributed by atoms with Gasteiger partial charge in [-0.25, -0.2) is 0 Å². The third kappa shape index (κ3) is 5.53. The van der Waals surface area contributed by atoms with E-state index in [1.165, 1.54) is 31.4 Å². The molecule has 2 nitrogen and oxygen atoms in total. The second kappa shape index (κ2) is 8.70. The molecule has 0 atom stereocenters. The van der Waals surface area contributed by atoms with Crippen LogP contribution in [-0.4, -0.2) is 18.6 Å². The summed E-state index contributed by atoms with van der Waals surface area (Å²) in [6, 6.07) is 4.07. The molecule has 0 unspecified atom stereocenters. The molecule has 0 bridgehead atoms. The van der Waals surface area contributed by atoms with Crippen molar-refractivity contribution in [3.8, 4) is 0 Å². The lowest BCUT2D eigenvalue weighted by Crippen LogP contribution is -2.03. The molecule has 0 aliphatic rings. The monoisotopic (exact) mass is 330 g/mol. The molecule has 18 heavy (non-hydrogen) atoms. The number of benzene rings is 1. The number of rotatable bonds is 8. The fraction of sp³-hybridized carbons (Fsp3) is 0.571. The molecule has 0 saturated heterocycles. The molecule has 4 heteroatoms. The van der Waals surface area contributed by atoms with Gasteiger partial charge in [0.05, 0.1) is 0 Å². The van der Waals surface area contributed by atoms with Gasteiger partial charge in [-0.2, -0.15) is 11.8 Å². The highest BCUT2D eigenvalue weighted by molar-refractivity contribution is 9.10. The van der Waals surface area contributed by atoms with Gasteiger partial charge in [0.25, 0.3) is 0 Å². The van der Waals surface area contributed by atoms with E-state index >= 15 is 0 Å². The molecule has 0 amide bonds. The number of hydrogen-bond donors (Lipinski definition) is 2. The van der Waals surface area contributed by atoms with Crippen LogP contribution >= 0.6 is 27.7 Å². The van der Waals surface area contributed by atoms with Crippen molar-refractivity contribution >= 4 is 39.1 Å². The summed E-state index contributed by atoms with van der Waals surface area (Å²) in [5.74, 6) is 1.29. The Balaban J connectivity index is 2.25. The molecule has 0 spiro atoms. The van der Waals surface area contributed by atoms with Crippen molar-refractivity contribution in [3.05, 3.63) is 22.2 Å². The normalized spacial score (nSPS) is 10.6. The van der Waals surface area contributed by atoms with E-state index < -0.39 is 0 Å². The first-order chi connectivity index (χ1) is 8.65. The van der Waals surface area contributed by atoms with E-state index in [2.05, 4.69) is 33.6 Å². The standard InChI is InChI=1S/C14H23BrN2S/c1-11-9-14(12(15)10-13(11)16)17-7-5-3-4-6-8-18-2/h9-10,17H,3-8,16H2,1-2H3. The zero-order valence-corrected chi connectivity index (χ0v) is 13.7. The summed E-state index contributed by atoms with van der Waals surface area (Å²) in [5.41, 5.74) is 8.96. The van der Waals surface area contributed by atoms with Crippen molar-refractivity contribution in [3.63, 3.8) is 0 Å². The first kappa shape index (κ1) is 15.7. The van der Waals surface area contributed by atoms with Crippen LogP contribution in [0.1, 0.15) is 31.2 Å². The molecule has 0 aromatic heterocycles. The number of aryl methyl sites for hydroxylation is 1. The van der Waals surface area contributed by atoms with E-state index in [1.54, 1.807) is 0 Å². The van der Waals surface area contributed by atoms with Crippen molar-refractivity contribution in [2.75, 3.05) is 29.6 Å². The largest absolute Gasteiger partial charge is 0.398 e. The SMILES string of the molecule is CSCCCCCCNc1cc(C)c(N)cc1Br. The third-order valence-corrected chi connectivity index (χ3v) is 4.30. The van der Waals surface area contributed by atoms with E-state index in [4.69, 9.17) is 5.73 Å². The van der Waals surface area contributed by atoms with Crippen molar-refractivity contribution in [2.24, 2.45) is 0 Å². The zero-order chi connectivity index (χ0) is 13.4. The van der Waals surface area contributed by atoms with Gasteiger partial charge < -0.3 is 11.1 Å². The zero-order valence-electron chi connectivity index (χ0n) is 11.3. The van der Waals surface area contributed by atoms with E-state index in [9.17, 15) is 0 Å². The lowest BCUT2D eigenvalue weighted by Gasteiger charge is -2.11. The Kier molecular flexibility index (Phi) is 7.59. The van der Waals surface area contributed by atoms with Crippen LogP contribution in [0, 0.1) is 6.92 Å². The average molecular weight is 331 g/mol. The summed E-state index contributed by atoms with van der Waals surface area (Å²) in [4.78, 5) is 0. The van der Waals surface area contributed by atoms with E-state index in [0.717, 1.165) is 28.0 Å². The Morgan fingerprint density at radius 3 is 2.67 bits per heavy atom. The number of hydrogen-bond acceptors (Lipinski definition) is 3. The van der Waals surface area contributed by atoms with Gasteiger partial charge in [-0.05, 0) is 65.4 Å². The minimum Gasteiger partial charge on any atom is -0.398 e. The van der Waals surface area contributed by atoms with Gasteiger partial charge in [0.15, 0.2) is 0 Å². The van der Waals surface area contributed by atoms with E-state index in [-0.39, 0.29) is 0 Å². The van der Waals surface area contributed by atoms with Gasteiger partial charge in [-0.1, -0.05) is 12.8 Å². The van der Waals surface area contributed by atoms with Crippen molar-refractivity contribution in [2.45, 2.75) is 32.6 Å². The Bertz CT molecular complexity index is 369. The highest BCUT2D eigenvalue weighted by Gasteiger charge is 2.02. The van der Waals surface area contributed by atoms with Gasteiger partial charge in [0.2, 0.25) is 0 Å². The van der Waals surface area contributed by atoms with E-state index in [0.29, 0.717) is 0 Å². The second-order valence-electron chi connectivity index (χ2n) is 4.52. The van der Waals surface area contributed by atoms with Gasteiger partial charge >= 0.3 is 0 Å². The van der Waals surface area contributed by atoms with Gasteiger partial charge in [-0.15, -0.1) is 0 Å². The Labute approximate surface area is 123 Å². The van der Waals surface area contributed by atoms with Crippen molar-refractivity contribution in [1.29, 1.82) is 0 Å². The van der Waals surface area contributed by atoms with Gasteiger partial charge in [-0.3, -0.25) is 0 Å². The van der Waals surface area contributed by atoms with Crippen LogP contribution in [0.15, 0.2) is 16.6 Å². The molecule has 1 aromatic rings. The minimum atomic E-state index is 0.837. The smallest absolute Gasteiger partial charge is 0.0488 e. The maximum absolute atomic E-state index is 5.85. The van der Waals surface area contributed by atoms with Crippen LogP contribution in [0.3, 0.4) is 0 Å². The number of nitrogens with one attached hydrogen (secondary N) is 1. The molecule has 3 N–H and O–H groups in total. The van der Waals surface area contributed by atoms with Crippen molar-refractivity contribution in [1.82, 2.24) is 0 Å². The topological polar surface area (TPSA) is 38.0 Å². The highest BCUT2D eigenvalue weighted by atomic mass is 79.9. The lowest BCUT2D eigenvalue weighted by atomic mass is 10.1. The number of thioether (sulfide) groups is 1. The van der Waals surface area contributed by atoms with Crippen LogP contribution in [-0.2, 0) is 0 Å². The third-order valence-electron chi connectivity index (χ3n) is 2.95. The first-order valence-corrected chi connectivity index (χ1v) is 8.62. The molecule has 0 radical (unpaired) electrons. The summed E-state index contributed by atoms with van der Waals surface area (Å²) >= 11 is 5.47. The average Bonchev–Trinajstić information content (AvgIpc) is 2.34. The molecule has 1 rings (SSSR count). The van der Waals surface area contributed by atoms with Crippen LogP contribution in [0.4, 0.5) is 11.4 Å². The van der Waals surface area contributed by atoms with Crippen LogP contribution in [0.25, 0.3) is 0 Å². The second-order valence-corrected chi connectivity index (χ2v) is 6.36. The number of halogens is 1. The van der Waals surface area contributed by atoms with Crippen LogP contribution in [0.2, 0.25) is 0 Å². The molecule has 0 aliphatic heterocycles. The fourth-order valence-corrected chi connectivity index (χ4v) is 2.77. The van der Waals surface area contributed by atoms with Gasteiger partial charge in [0, 0.05) is 22.4 Å². The number of unbranched alkanes of at least 4 members (excludes halogenated alkanes) is 3. The number of nitrogens with two attached hydrogens (primary N) is 1. The maximum Gasteiger partial charge on any atom is 0.0488 e. The maximum atomic E-state index is 5.85. The molecule has 1 aromatic carbocycles. The molecule has 0 saturated carbocycles. The quantitative estimate of drug-likeness (QED) is 0.537. The highest BCUT2D eigenvalue weighted by Crippen LogP contribution is 2.27. The summed E-state index contributed by atoms with van der Waals surface area (Å²) < 4.78 is 1.05. The minimum absolute atomic E-state index is 0.837. The van der Waals surface area contributed by atoms with Gasteiger partial charge in [0.1, 0.15) is 0 Å². The number of anilines is 2. The summed E-state index contributed by atoms with van der Waals surface area (Å²) in [6.07, 6.45) is 7.38. The number of nitrogen functional groups attached to an aromatic ring is 1. The fourth-order valence-electron chi connectivity index (χ4n) is 1.78. The summed E-state index contributed by atoms with van der Waals surface area (Å²) in [6.45, 7) is 3.07. The first-order valence-electron chi connectivity index (χ1n) is 6.43. The van der Waals surface area contributed by atoms with Crippen LogP contribution < -0.4 is 11.1 Å². The molecule has 0 aliphatic carbocycles. The van der Waals surface area contributed by atoms with Crippen LogP contribution in [0.5, 0.6) is 0 Å². The molecule has 0 heterocycles. The Morgan fingerprint density at radius 2 is 1.94 bits per heavy atom. The predicted octanol–water partition coefficient (Wildman–Crippen LogP) is 4.68. The molecule has 0 fully saturated rings.